The summed E-state index contributed by atoms with van der Waals surface area (Å²) in [6.07, 6.45) is 6.70. The summed E-state index contributed by atoms with van der Waals surface area (Å²) in [5.41, 5.74) is 9.19. The Morgan fingerprint density at radius 2 is 2.20 bits per heavy atom. The Hall–Kier alpha value is -3.68. The maximum absolute atomic E-state index is 11.7. The molecule has 156 valence electrons. The van der Waals surface area contributed by atoms with Crippen LogP contribution in [-0.4, -0.2) is 34.7 Å². The summed E-state index contributed by atoms with van der Waals surface area (Å²) in [6.45, 7) is 7.64. The van der Waals surface area contributed by atoms with E-state index < -0.39 is 0 Å². The molecule has 0 atom stereocenters. The number of hydrogen-bond acceptors (Lipinski definition) is 7. The molecule has 1 aliphatic rings. The molecule has 1 heterocycles. The van der Waals surface area contributed by atoms with E-state index in [1.165, 1.54) is 6.21 Å². The van der Waals surface area contributed by atoms with E-state index in [-0.39, 0.29) is 12.5 Å². The lowest BCUT2D eigenvalue weighted by Gasteiger charge is -2.12. The van der Waals surface area contributed by atoms with E-state index in [9.17, 15) is 4.79 Å². The standard InChI is InChI=1S/C22H26N6O2/c1-13(8-15(3)30-12-20(29)26-17-4-5-17)21-25-11-14(2)22(28-21)27-18-6-7-19(24)16(9-18)10-23/h6-11,17,23H,1,4-5,12,24H2,2-3H3,(H,26,29)(H,25,27,28)/b15-8+,23-10?. The van der Waals surface area contributed by atoms with Gasteiger partial charge in [-0.3, -0.25) is 4.79 Å². The fourth-order valence-electron chi connectivity index (χ4n) is 2.67. The van der Waals surface area contributed by atoms with E-state index in [0.29, 0.717) is 40.3 Å². The Balaban J connectivity index is 1.67. The molecular formula is C22H26N6O2. The molecule has 0 radical (unpaired) electrons. The SMILES string of the molecule is C=C(/C=C(\C)OCC(=O)NC1CC1)c1ncc(C)c(Nc2ccc(N)c(C=N)c2)n1. The zero-order valence-corrected chi connectivity index (χ0v) is 17.2. The fourth-order valence-corrected chi connectivity index (χ4v) is 2.67. The Morgan fingerprint density at radius 1 is 1.43 bits per heavy atom. The summed E-state index contributed by atoms with van der Waals surface area (Å²) in [4.78, 5) is 20.6. The highest BCUT2D eigenvalue weighted by Gasteiger charge is 2.23. The molecule has 0 bridgehead atoms. The average Bonchev–Trinajstić information content (AvgIpc) is 3.53. The van der Waals surface area contributed by atoms with Gasteiger partial charge in [-0.2, -0.15) is 0 Å². The van der Waals surface area contributed by atoms with Crippen LogP contribution in [0.15, 0.2) is 42.8 Å². The molecular weight excluding hydrogens is 380 g/mol. The average molecular weight is 406 g/mol. The number of nitrogens with one attached hydrogen (secondary N) is 3. The molecule has 8 nitrogen and oxygen atoms in total. The second kappa shape index (κ2) is 9.21. The fraction of sp³-hybridized carbons (Fsp3) is 0.273. The summed E-state index contributed by atoms with van der Waals surface area (Å²) in [5.74, 6) is 1.49. The van der Waals surface area contributed by atoms with Gasteiger partial charge in [-0.05, 0) is 51.0 Å². The number of allylic oxidation sites excluding steroid dienone is 3. The number of nitrogens with zero attached hydrogens (tertiary/aromatic N) is 2. The second-order valence-corrected chi connectivity index (χ2v) is 7.25. The highest BCUT2D eigenvalue weighted by atomic mass is 16.5. The van der Waals surface area contributed by atoms with Gasteiger partial charge in [-0.1, -0.05) is 6.58 Å². The quantitative estimate of drug-likeness (QED) is 0.219. The Morgan fingerprint density at radius 3 is 2.90 bits per heavy atom. The minimum absolute atomic E-state index is 0.0276. The summed E-state index contributed by atoms with van der Waals surface area (Å²) in [6, 6.07) is 5.65. The van der Waals surface area contributed by atoms with Gasteiger partial charge in [-0.25, -0.2) is 9.97 Å². The summed E-state index contributed by atoms with van der Waals surface area (Å²) in [5, 5.41) is 13.5. The second-order valence-electron chi connectivity index (χ2n) is 7.25. The zero-order chi connectivity index (χ0) is 21.7. The van der Waals surface area contributed by atoms with E-state index in [4.69, 9.17) is 15.9 Å². The van der Waals surface area contributed by atoms with Crippen LogP contribution < -0.4 is 16.4 Å². The number of rotatable bonds is 9. The lowest BCUT2D eigenvalue weighted by molar-refractivity contribution is -0.124. The van der Waals surface area contributed by atoms with Gasteiger partial charge in [0.05, 0.1) is 5.76 Å². The summed E-state index contributed by atoms with van der Waals surface area (Å²) < 4.78 is 5.49. The third kappa shape index (κ3) is 5.66. The first-order valence-corrected chi connectivity index (χ1v) is 9.66. The number of nitrogen functional groups attached to an aromatic ring is 1. The molecule has 5 N–H and O–H groups in total. The molecule has 0 saturated heterocycles. The van der Waals surface area contributed by atoms with Crippen molar-refractivity contribution in [3.05, 3.63) is 59.8 Å². The summed E-state index contributed by atoms with van der Waals surface area (Å²) >= 11 is 0. The van der Waals surface area contributed by atoms with Gasteiger partial charge < -0.3 is 26.5 Å². The predicted molar refractivity (Wildman–Crippen MR) is 119 cm³/mol. The maximum atomic E-state index is 11.7. The molecule has 1 aromatic carbocycles. The van der Waals surface area contributed by atoms with Crippen LogP contribution in [0.4, 0.5) is 17.2 Å². The molecule has 1 saturated carbocycles. The smallest absolute Gasteiger partial charge is 0.258 e. The molecule has 8 heteroatoms. The van der Waals surface area contributed by atoms with Gasteiger partial charge in [0.2, 0.25) is 0 Å². The van der Waals surface area contributed by atoms with Crippen molar-refractivity contribution in [1.82, 2.24) is 15.3 Å². The molecule has 1 amide bonds. The third-order valence-electron chi connectivity index (χ3n) is 4.51. The van der Waals surface area contributed by atoms with Crippen molar-refractivity contribution in [3.63, 3.8) is 0 Å². The number of benzene rings is 1. The van der Waals surface area contributed by atoms with Gasteiger partial charge in [0, 0.05) is 46.5 Å². The van der Waals surface area contributed by atoms with Gasteiger partial charge in [0.25, 0.3) is 5.91 Å². The van der Waals surface area contributed by atoms with Gasteiger partial charge in [-0.15, -0.1) is 0 Å². The monoisotopic (exact) mass is 406 g/mol. The van der Waals surface area contributed by atoms with Gasteiger partial charge in [0.15, 0.2) is 12.4 Å². The molecule has 1 aliphatic carbocycles. The van der Waals surface area contributed by atoms with E-state index in [2.05, 4.69) is 27.2 Å². The predicted octanol–water partition coefficient (Wildman–Crippen LogP) is 3.32. The Kier molecular flexibility index (Phi) is 6.46. The number of aryl methyl sites for hydroxylation is 1. The minimum atomic E-state index is -0.123. The third-order valence-corrected chi connectivity index (χ3v) is 4.51. The minimum Gasteiger partial charge on any atom is -0.488 e. The number of hydrogen-bond donors (Lipinski definition) is 4. The Labute approximate surface area is 175 Å². The normalized spacial score (nSPS) is 13.5. The number of aromatic nitrogens is 2. The zero-order valence-electron chi connectivity index (χ0n) is 17.2. The van der Waals surface area contributed by atoms with Gasteiger partial charge >= 0.3 is 0 Å². The van der Waals surface area contributed by atoms with E-state index in [1.54, 1.807) is 31.3 Å². The van der Waals surface area contributed by atoms with Crippen LogP contribution >= 0.6 is 0 Å². The van der Waals surface area contributed by atoms with Crippen molar-refractivity contribution >= 4 is 34.9 Å². The number of ether oxygens (including phenoxy) is 1. The van der Waals surface area contributed by atoms with Gasteiger partial charge in [0.1, 0.15) is 5.82 Å². The molecule has 3 rings (SSSR count). The molecule has 2 aromatic rings. The highest BCUT2D eigenvalue weighted by Crippen LogP contribution is 2.23. The first-order chi connectivity index (χ1) is 14.4. The lowest BCUT2D eigenvalue weighted by atomic mass is 10.1. The lowest BCUT2D eigenvalue weighted by Crippen LogP contribution is -2.29. The molecule has 0 aliphatic heterocycles. The molecule has 1 fully saturated rings. The molecule has 1 aromatic heterocycles. The van der Waals surface area contributed by atoms with Crippen LogP contribution in [0.3, 0.4) is 0 Å². The number of carbonyl (C=O) groups excluding carboxylic acids is 1. The Bertz CT molecular complexity index is 1010. The van der Waals surface area contributed by atoms with Crippen molar-refractivity contribution in [3.8, 4) is 0 Å². The van der Waals surface area contributed by atoms with E-state index >= 15 is 0 Å². The molecule has 0 spiro atoms. The molecule has 0 unspecified atom stereocenters. The van der Waals surface area contributed by atoms with Crippen molar-refractivity contribution in [2.24, 2.45) is 0 Å². The van der Waals surface area contributed by atoms with E-state index in [1.807, 2.05) is 13.0 Å². The van der Waals surface area contributed by atoms with Crippen LogP contribution in [0.1, 0.15) is 36.7 Å². The summed E-state index contributed by atoms with van der Waals surface area (Å²) in [7, 11) is 0. The topological polar surface area (TPSA) is 126 Å². The number of amides is 1. The van der Waals surface area contributed by atoms with Crippen molar-refractivity contribution in [2.75, 3.05) is 17.7 Å². The van der Waals surface area contributed by atoms with Crippen molar-refractivity contribution in [1.29, 1.82) is 5.41 Å². The molecule has 30 heavy (non-hydrogen) atoms. The highest BCUT2D eigenvalue weighted by molar-refractivity contribution is 5.87. The van der Waals surface area contributed by atoms with Crippen LogP contribution in [0, 0.1) is 12.3 Å². The van der Waals surface area contributed by atoms with Crippen LogP contribution in [0.5, 0.6) is 0 Å². The first-order valence-electron chi connectivity index (χ1n) is 9.66. The number of nitrogens with two attached hydrogens (primary N) is 1. The van der Waals surface area contributed by atoms with E-state index in [0.717, 1.165) is 24.1 Å². The number of anilines is 3. The largest absolute Gasteiger partial charge is 0.488 e. The maximum Gasteiger partial charge on any atom is 0.258 e. The number of carbonyl (C=O) groups is 1. The van der Waals surface area contributed by atoms with Crippen molar-refractivity contribution in [2.45, 2.75) is 32.7 Å². The van der Waals surface area contributed by atoms with Crippen LogP contribution in [-0.2, 0) is 9.53 Å². The van der Waals surface area contributed by atoms with Crippen LogP contribution in [0.25, 0.3) is 5.57 Å². The van der Waals surface area contributed by atoms with Crippen LogP contribution in [0.2, 0.25) is 0 Å². The van der Waals surface area contributed by atoms with Crippen molar-refractivity contribution < 1.29 is 9.53 Å². The first kappa shape index (κ1) is 21.0.